The zero-order valence-electron chi connectivity index (χ0n) is 10.8. The van der Waals surface area contributed by atoms with Gasteiger partial charge in [-0.3, -0.25) is 0 Å². The van der Waals surface area contributed by atoms with E-state index in [1.807, 2.05) is 27.7 Å². The molecule has 0 amide bonds. The largest absolute Gasteiger partial charge is 0.390 e. The number of unbranched alkanes of at least 4 members (excludes halogenated alkanes) is 4. The highest BCUT2D eigenvalue weighted by atomic mass is 16.3. The van der Waals surface area contributed by atoms with E-state index in [0.717, 1.165) is 25.7 Å². The predicted octanol–water partition coefficient (Wildman–Crippen LogP) is 3.26. The van der Waals surface area contributed by atoms with E-state index >= 15 is 0 Å². The zero-order valence-corrected chi connectivity index (χ0v) is 10.8. The first-order chi connectivity index (χ1) is 6.71. The molecule has 0 saturated heterocycles. The van der Waals surface area contributed by atoms with Crippen LogP contribution in [0.3, 0.4) is 0 Å². The van der Waals surface area contributed by atoms with Gasteiger partial charge in [0.2, 0.25) is 0 Å². The second kappa shape index (κ2) is 6.49. The Bertz CT molecular complexity index is 133. The van der Waals surface area contributed by atoms with Crippen LogP contribution in [0.1, 0.15) is 72.6 Å². The van der Waals surface area contributed by atoms with Crippen molar-refractivity contribution in [1.82, 2.24) is 0 Å². The van der Waals surface area contributed by atoms with E-state index in [-0.39, 0.29) is 0 Å². The minimum Gasteiger partial charge on any atom is -0.390 e. The first-order valence-corrected chi connectivity index (χ1v) is 6.15. The number of hydrogen-bond acceptors (Lipinski definition) is 2. The molecule has 0 saturated carbocycles. The van der Waals surface area contributed by atoms with Crippen LogP contribution in [0.4, 0.5) is 0 Å². The second-order valence-electron chi connectivity index (χ2n) is 5.89. The highest BCUT2D eigenvalue weighted by Gasteiger charge is 2.12. The van der Waals surface area contributed by atoms with Crippen molar-refractivity contribution in [3.63, 3.8) is 0 Å². The smallest absolute Gasteiger partial charge is 0.0591 e. The summed E-state index contributed by atoms with van der Waals surface area (Å²) in [7, 11) is 0. The monoisotopic (exact) mass is 216 g/mol. The summed E-state index contributed by atoms with van der Waals surface area (Å²) in [4.78, 5) is 0. The SMILES string of the molecule is CC(C)(O)CCCCCCCC(C)(C)O. The van der Waals surface area contributed by atoms with Gasteiger partial charge in [0, 0.05) is 0 Å². The Labute approximate surface area is 94.7 Å². The normalized spacial score (nSPS) is 13.2. The van der Waals surface area contributed by atoms with Crippen molar-refractivity contribution < 1.29 is 10.2 Å². The summed E-state index contributed by atoms with van der Waals surface area (Å²) in [6, 6.07) is 0. The molecule has 15 heavy (non-hydrogen) atoms. The van der Waals surface area contributed by atoms with Crippen molar-refractivity contribution in [2.45, 2.75) is 83.8 Å². The van der Waals surface area contributed by atoms with E-state index in [9.17, 15) is 10.2 Å². The molecule has 0 aliphatic carbocycles. The van der Waals surface area contributed by atoms with Crippen LogP contribution in [0, 0.1) is 0 Å². The van der Waals surface area contributed by atoms with Gasteiger partial charge in [-0.2, -0.15) is 0 Å². The lowest BCUT2D eigenvalue weighted by Crippen LogP contribution is -2.18. The molecule has 0 aromatic carbocycles. The Morgan fingerprint density at radius 3 is 1.13 bits per heavy atom. The molecule has 0 aromatic heterocycles. The zero-order chi connectivity index (χ0) is 11.9. The lowest BCUT2D eigenvalue weighted by molar-refractivity contribution is 0.0664. The van der Waals surface area contributed by atoms with Crippen LogP contribution in [0.2, 0.25) is 0 Å². The van der Waals surface area contributed by atoms with Crippen molar-refractivity contribution >= 4 is 0 Å². The van der Waals surface area contributed by atoms with E-state index in [2.05, 4.69) is 0 Å². The van der Waals surface area contributed by atoms with Crippen molar-refractivity contribution in [3.8, 4) is 0 Å². The van der Waals surface area contributed by atoms with E-state index in [4.69, 9.17) is 0 Å². The third-order valence-electron chi connectivity index (χ3n) is 2.58. The third kappa shape index (κ3) is 13.9. The lowest BCUT2D eigenvalue weighted by Gasteiger charge is -2.17. The number of hydrogen-bond donors (Lipinski definition) is 2. The highest BCUT2D eigenvalue weighted by Crippen LogP contribution is 2.17. The molecular formula is C13H28O2. The van der Waals surface area contributed by atoms with Crippen LogP contribution in [0.25, 0.3) is 0 Å². The van der Waals surface area contributed by atoms with Crippen molar-refractivity contribution in [2.75, 3.05) is 0 Å². The van der Waals surface area contributed by atoms with Crippen LogP contribution in [0.15, 0.2) is 0 Å². The Morgan fingerprint density at radius 1 is 0.600 bits per heavy atom. The molecule has 2 heteroatoms. The quantitative estimate of drug-likeness (QED) is 0.611. The van der Waals surface area contributed by atoms with E-state index in [1.54, 1.807) is 0 Å². The number of aliphatic hydroxyl groups is 2. The second-order valence-corrected chi connectivity index (χ2v) is 5.89. The standard InChI is InChI=1S/C13H28O2/c1-12(2,14)10-8-6-5-7-9-11-13(3,4)15/h14-15H,5-11H2,1-4H3. The average Bonchev–Trinajstić information content (AvgIpc) is 1.98. The summed E-state index contributed by atoms with van der Waals surface area (Å²) in [5.41, 5.74) is -1.01. The van der Waals surface area contributed by atoms with Crippen molar-refractivity contribution in [1.29, 1.82) is 0 Å². The van der Waals surface area contributed by atoms with Gasteiger partial charge in [0.1, 0.15) is 0 Å². The van der Waals surface area contributed by atoms with Gasteiger partial charge in [0.25, 0.3) is 0 Å². The minimum absolute atomic E-state index is 0.507. The van der Waals surface area contributed by atoms with Gasteiger partial charge in [0.15, 0.2) is 0 Å². The molecule has 0 radical (unpaired) electrons. The van der Waals surface area contributed by atoms with Crippen LogP contribution in [-0.4, -0.2) is 21.4 Å². The van der Waals surface area contributed by atoms with E-state index < -0.39 is 11.2 Å². The topological polar surface area (TPSA) is 40.5 Å². The van der Waals surface area contributed by atoms with E-state index in [1.165, 1.54) is 19.3 Å². The molecule has 2 N–H and O–H groups in total. The molecule has 0 aliphatic heterocycles. The minimum atomic E-state index is -0.507. The maximum absolute atomic E-state index is 9.49. The van der Waals surface area contributed by atoms with Crippen LogP contribution >= 0.6 is 0 Å². The molecule has 0 bridgehead atoms. The highest BCUT2D eigenvalue weighted by molar-refractivity contribution is 4.66. The van der Waals surface area contributed by atoms with Crippen LogP contribution < -0.4 is 0 Å². The van der Waals surface area contributed by atoms with Gasteiger partial charge in [-0.25, -0.2) is 0 Å². The summed E-state index contributed by atoms with van der Waals surface area (Å²) in [5, 5.41) is 19.0. The molecule has 0 rings (SSSR count). The van der Waals surface area contributed by atoms with Crippen molar-refractivity contribution in [3.05, 3.63) is 0 Å². The fourth-order valence-corrected chi connectivity index (χ4v) is 1.65. The van der Waals surface area contributed by atoms with Gasteiger partial charge in [-0.1, -0.05) is 32.1 Å². The average molecular weight is 216 g/mol. The predicted molar refractivity (Wildman–Crippen MR) is 64.9 cm³/mol. The molecule has 0 atom stereocenters. The van der Waals surface area contributed by atoms with Gasteiger partial charge in [-0.05, 0) is 40.5 Å². The molecular weight excluding hydrogens is 188 g/mol. The summed E-state index contributed by atoms with van der Waals surface area (Å²) in [5.74, 6) is 0. The molecule has 0 unspecified atom stereocenters. The Morgan fingerprint density at radius 2 is 0.867 bits per heavy atom. The van der Waals surface area contributed by atoms with Crippen LogP contribution in [-0.2, 0) is 0 Å². The molecule has 92 valence electrons. The molecule has 0 heterocycles. The fraction of sp³-hybridized carbons (Fsp3) is 1.00. The lowest BCUT2D eigenvalue weighted by atomic mass is 9.97. The Hall–Kier alpha value is -0.0800. The van der Waals surface area contributed by atoms with Gasteiger partial charge in [-0.15, -0.1) is 0 Å². The molecule has 0 aromatic rings. The first-order valence-electron chi connectivity index (χ1n) is 6.15. The summed E-state index contributed by atoms with van der Waals surface area (Å²) >= 11 is 0. The number of rotatable bonds is 8. The van der Waals surface area contributed by atoms with Gasteiger partial charge in [0.05, 0.1) is 11.2 Å². The van der Waals surface area contributed by atoms with Gasteiger partial charge < -0.3 is 10.2 Å². The Balaban J connectivity index is 3.20. The van der Waals surface area contributed by atoms with Crippen molar-refractivity contribution in [2.24, 2.45) is 0 Å². The van der Waals surface area contributed by atoms with Crippen LogP contribution in [0.5, 0.6) is 0 Å². The molecule has 2 nitrogen and oxygen atoms in total. The maximum Gasteiger partial charge on any atom is 0.0591 e. The first kappa shape index (κ1) is 14.9. The Kier molecular flexibility index (Phi) is 6.46. The summed E-state index contributed by atoms with van der Waals surface area (Å²) < 4.78 is 0. The van der Waals surface area contributed by atoms with Gasteiger partial charge >= 0.3 is 0 Å². The maximum atomic E-state index is 9.49. The molecule has 0 fully saturated rings. The third-order valence-corrected chi connectivity index (χ3v) is 2.58. The summed E-state index contributed by atoms with van der Waals surface area (Å²) in [6.07, 6.45) is 7.58. The molecule has 0 aliphatic rings. The molecule has 0 spiro atoms. The van der Waals surface area contributed by atoms with E-state index in [0.29, 0.717) is 0 Å². The fourth-order valence-electron chi connectivity index (χ4n) is 1.65. The summed E-state index contributed by atoms with van der Waals surface area (Å²) in [6.45, 7) is 7.45.